The molecule has 6 heteroatoms. The molecule has 6 nitrogen and oxygen atoms in total. The van der Waals surface area contributed by atoms with Gasteiger partial charge < -0.3 is 14.2 Å². The van der Waals surface area contributed by atoms with Gasteiger partial charge in [-0.1, -0.05) is 26.0 Å². The van der Waals surface area contributed by atoms with E-state index >= 15 is 0 Å². The molecule has 0 aliphatic carbocycles. The van der Waals surface area contributed by atoms with E-state index in [1.54, 1.807) is 45.6 Å². The molecule has 2 rings (SSSR count). The third-order valence-corrected chi connectivity index (χ3v) is 3.91. The molecule has 2 aromatic carbocycles. The number of hydrogen-bond acceptors (Lipinski definition) is 5. The third-order valence-electron chi connectivity index (χ3n) is 3.91. The van der Waals surface area contributed by atoms with E-state index in [1.165, 1.54) is 11.8 Å². The van der Waals surface area contributed by atoms with Gasteiger partial charge in [-0.2, -0.15) is 5.10 Å². The summed E-state index contributed by atoms with van der Waals surface area (Å²) >= 11 is 0. The van der Waals surface area contributed by atoms with Gasteiger partial charge in [0.2, 0.25) is 5.75 Å². The lowest BCUT2D eigenvalue weighted by Gasteiger charge is -2.12. The summed E-state index contributed by atoms with van der Waals surface area (Å²) in [5, 5.41) is 4.01. The quantitative estimate of drug-likeness (QED) is 0.608. The van der Waals surface area contributed by atoms with Crippen molar-refractivity contribution in [1.29, 1.82) is 0 Å². The van der Waals surface area contributed by atoms with Crippen molar-refractivity contribution in [2.75, 3.05) is 21.3 Å². The summed E-state index contributed by atoms with van der Waals surface area (Å²) in [6, 6.07) is 11.0. The zero-order chi connectivity index (χ0) is 19.1. The first-order valence-corrected chi connectivity index (χ1v) is 8.23. The molecule has 0 atom stereocenters. The molecule has 0 aromatic heterocycles. The molecule has 1 N–H and O–H groups in total. The molecule has 0 saturated carbocycles. The Kier molecular flexibility index (Phi) is 6.60. The number of hydrazone groups is 1. The molecule has 1 amide bonds. The van der Waals surface area contributed by atoms with Crippen molar-refractivity contribution in [3.63, 3.8) is 0 Å². The zero-order valence-corrected chi connectivity index (χ0v) is 15.7. The smallest absolute Gasteiger partial charge is 0.271 e. The molecule has 0 unspecified atom stereocenters. The van der Waals surface area contributed by atoms with Crippen molar-refractivity contribution in [3.8, 4) is 17.2 Å². The Morgan fingerprint density at radius 2 is 1.58 bits per heavy atom. The van der Waals surface area contributed by atoms with Crippen LogP contribution in [-0.4, -0.2) is 33.5 Å². The van der Waals surface area contributed by atoms with E-state index in [2.05, 4.69) is 24.4 Å². The van der Waals surface area contributed by atoms with E-state index in [4.69, 9.17) is 14.2 Å². The highest BCUT2D eigenvalue weighted by molar-refractivity contribution is 5.95. The van der Waals surface area contributed by atoms with Gasteiger partial charge in [-0.05, 0) is 35.7 Å². The van der Waals surface area contributed by atoms with E-state index in [0.717, 1.165) is 0 Å². The Morgan fingerprint density at radius 3 is 2.04 bits per heavy atom. The van der Waals surface area contributed by atoms with Gasteiger partial charge in [0.05, 0.1) is 27.5 Å². The van der Waals surface area contributed by atoms with Crippen LogP contribution >= 0.6 is 0 Å². The highest BCUT2D eigenvalue weighted by atomic mass is 16.5. The standard InChI is InChI=1S/C20H24N2O4/c1-13(2)15-6-8-16(9-7-15)20(23)22-21-12-14-10-17(24-3)19(26-5)18(11-14)25-4/h6-13H,1-5H3,(H,22,23). The van der Waals surface area contributed by atoms with Gasteiger partial charge >= 0.3 is 0 Å². The predicted octanol–water partition coefficient (Wildman–Crippen LogP) is 3.60. The summed E-state index contributed by atoms with van der Waals surface area (Å²) in [4.78, 5) is 12.2. The van der Waals surface area contributed by atoms with E-state index < -0.39 is 0 Å². The molecule has 26 heavy (non-hydrogen) atoms. The number of hydrogen-bond donors (Lipinski definition) is 1. The van der Waals surface area contributed by atoms with Gasteiger partial charge in [0.15, 0.2) is 11.5 Å². The average molecular weight is 356 g/mol. The van der Waals surface area contributed by atoms with Crippen molar-refractivity contribution >= 4 is 12.1 Å². The van der Waals surface area contributed by atoms with Crippen molar-refractivity contribution in [2.45, 2.75) is 19.8 Å². The maximum atomic E-state index is 12.2. The van der Waals surface area contributed by atoms with Crippen LogP contribution in [0.1, 0.15) is 41.3 Å². The number of rotatable bonds is 7. The number of benzene rings is 2. The molecule has 138 valence electrons. The Balaban J connectivity index is 2.11. The van der Waals surface area contributed by atoms with Crippen molar-refractivity contribution in [3.05, 3.63) is 53.1 Å². The Labute approximate surface area is 153 Å². The van der Waals surface area contributed by atoms with E-state index in [1.807, 2.05) is 12.1 Å². The van der Waals surface area contributed by atoms with E-state index in [-0.39, 0.29) is 5.91 Å². The number of carbonyl (C=O) groups is 1. The number of ether oxygens (including phenoxy) is 3. The lowest BCUT2D eigenvalue weighted by atomic mass is 10.0. The fraction of sp³-hybridized carbons (Fsp3) is 0.300. The minimum atomic E-state index is -0.274. The summed E-state index contributed by atoms with van der Waals surface area (Å²) in [6.45, 7) is 4.22. The molecule has 2 aromatic rings. The van der Waals surface area contributed by atoms with E-state index in [9.17, 15) is 4.79 Å². The Hall–Kier alpha value is -3.02. The van der Waals surface area contributed by atoms with Crippen LogP contribution in [0.4, 0.5) is 0 Å². The summed E-state index contributed by atoms with van der Waals surface area (Å²) < 4.78 is 15.9. The summed E-state index contributed by atoms with van der Waals surface area (Å²) in [5.41, 5.74) is 4.96. The SMILES string of the molecule is COc1cc(C=NNC(=O)c2ccc(C(C)C)cc2)cc(OC)c1OC. The summed E-state index contributed by atoms with van der Waals surface area (Å²) in [5.74, 6) is 1.68. The fourth-order valence-electron chi connectivity index (χ4n) is 2.43. The Morgan fingerprint density at radius 1 is 1.00 bits per heavy atom. The summed E-state index contributed by atoms with van der Waals surface area (Å²) in [6.07, 6.45) is 1.52. The zero-order valence-electron chi connectivity index (χ0n) is 15.7. The molecule has 0 spiro atoms. The van der Waals surface area contributed by atoms with Crippen molar-refractivity contribution < 1.29 is 19.0 Å². The molecule has 0 aliphatic rings. The largest absolute Gasteiger partial charge is 0.493 e. The second-order valence-electron chi connectivity index (χ2n) is 5.93. The minimum Gasteiger partial charge on any atom is -0.493 e. The third kappa shape index (κ3) is 4.53. The molecular weight excluding hydrogens is 332 g/mol. The van der Waals surface area contributed by atoms with Crippen LogP contribution in [0.15, 0.2) is 41.5 Å². The molecular formula is C20H24N2O4. The highest BCUT2D eigenvalue weighted by Crippen LogP contribution is 2.37. The first-order valence-electron chi connectivity index (χ1n) is 8.23. The lowest BCUT2D eigenvalue weighted by molar-refractivity contribution is 0.0955. The number of methoxy groups -OCH3 is 3. The van der Waals surface area contributed by atoms with Crippen LogP contribution in [0.5, 0.6) is 17.2 Å². The van der Waals surface area contributed by atoms with Gasteiger partial charge in [0.25, 0.3) is 5.91 Å². The van der Waals surface area contributed by atoms with Crippen LogP contribution in [0.25, 0.3) is 0 Å². The molecule has 0 aliphatic heterocycles. The average Bonchev–Trinajstić information content (AvgIpc) is 2.66. The van der Waals surface area contributed by atoms with Gasteiger partial charge in [-0.25, -0.2) is 5.43 Å². The topological polar surface area (TPSA) is 69.2 Å². The highest BCUT2D eigenvalue weighted by Gasteiger charge is 2.12. The lowest BCUT2D eigenvalue weighted by Crippen LogP contribution is -2.17. The van der Waals surface area contributed by atoms with Crippen LogP contribution in [0.3, 0.4) is 0 Å². The number of carbonyl (C=O) groups excluding carboxylic acids is 1. The second-order valence-corrected chi connectivity index (χ2v) is 5.93. The monoisotopic (exact) mass is 356 g/mol. The van der Waals surface area contributed by atoms with Gasteiger partial charge in [0, 0.05) is 11.1 Å². The second kappa shape index (κ2) is 8.89. The van der Waals surface area contributed by atoms with Crippen LogP contribution in [0.2, 0.25) is 0 Å². The minimum absolute atomic E-state index is 0.274. The maximum absolute atomic E-state index is 12.2. The fourth-order valence-corrected chi connectivity index (χ4v) is 2.43. The molecule has 0 radical (unpaired) electrons. The van der Waals surface area contributed by atoms with Gasteiger partial charge in [-0.3, -0.25) is 4.79 Å². The number of nitrogens with zero attached hydrogens (tertiary/aromatic N) is 1. The molecule has 0 bridgehead atoms. The maximum Gasteiger partial charge on any atom is 0.271 e. The molecule has 0 saturated heterocycles. The first-order chi connectivity index (χ1) is 12.5. The molecule has 0 fully saturated rings. The number of nitrogens with one attached hydrogen (secondary N) is 1. The van der Waals surface area contributed by atoms with Crippen LogP contribution in [0, 0.1) is 0 Å². The van der Waals surface area contributed by atoms with Crippen molar-refractivity contribution in [2.24, 2.45) is 5.10 Å². The number of amides is 1. The van der Waals surface area contributed by atoms with Crippen molar-refractivity contribution in [1.82, 2.24) is 5.43 Å². The first kappa shape index (κ1) is 19.3. The van der Waals surface area contributed by atoms with E-state index in [0.29, 0.717) is 34.3 Å². The van der Waals surface area contributed by atoms with Crippen LogP contribution < -0.4 is 19.6 Å². The van der Waals surface area contributed by atoms with Crippen LogP contribution in [-0.2, 0) is 0 Å². The Bertz CT molecular complexity index is 758. The van der Waals surface area contributed by atoms with Gasteiger partial charge in [-0.15, -0.1) is 0 Å². The summed E-state index contributed by atoms with van der Waals surface area (Å²) in [7, 11) is 4.63. The van der Waals surface area contributed by atoms with Gasteiger partial charge in [0.1, 0.15) is 0 Å². The predicted molar refractivity (Wildman–Crippen MR) is 102 cm³/mol. The normalized spacial score (nSPS) is 10.8. The molecule has 0 heterocycles.